The van der Waals surface area contributed by atoms with Gasteiger partial charge in [-0.25, -0.2) is 0 Å². The van der Waals surface area contributed by atoms with Crippen molar-refractivity contribution in [2.24, 2.45) is 23.7 Å². The van der Waals surface area contributed by atoms with Crippen LogP contribution in [0.2, 0.25) is 0 Å². The summed E-state index contributed by atoms with van der Waals surface area (Å²) in [5, 5.41) is 23.2. The van der Waals surface area contributed by atoms with E-state index >= 15 is 0 Å². The summed E-state index contributed by atoms with van der Waals surface area (Å²) >= 11 is 0. The van der Waals surface area contributed by atoms with Crippen LogP contribution in [0.1, 0.15) is 74.7 Å². The van der Waals surface area contributed by atoms with Crippen molar-refractivity contribution in [2.45, 2.75) is 129 Å². The van der Waals surface area contributed by atoms with Crippen molar-refractivity contribution in [3.8, 4) is 0 Å². The number of carbonyl (C=O) groups is 3. The minimum atomic E-state index is -1.75. The number of esters is 1. The number of cyclic esters (lactones) is 1. The minimum absolute atomic E-state index is 0.0177. The Balaban J connectivity index is 2.20. The van der Waals surface area contributed by atoms with Gasteiger partial charge in [0.1, 0.15) is 29.5 Å². The predicted octanol–water partition coefficient (Wildman–Crippen LogP) is 2.69. The van der Waals surface area contributed by atoms with Crippen molar-refractivity contribution >= 4 is 17.5 Å². The Bertz CT molecular complexity index is 1060. The molecule has 0 spiro atoms. The van der Waals surface area contributed by atoms with E-state index in [2.05, 4.69) is 6.58 Å². The molecule has 11 heteroatoms. The van der Waals surface area contributed by atoms with E-state index in [1.807, 2.05) is 25.9 Å². The summed E-state index contributed by atoms with van der Waals surface area (Å²) in [6.07, 6.45) is -4.57. The topological polar surface area (TPSA) is 141 Å². The Hall–Kier alpha value is -1.73. The average molecular weight is 626 g/mol. The van der Waals surface area contributed by atoms with Crippen LogP contribution in [0.25, 0.3) is 0 Å². The van der Waals surface area contributed by atoms with Crippen LogP contribution in [-0.2, 0) is 38.1 Å². The molecule has 2 bridgehead atoms. The van der Waals surface area contributed by atoms with Gasteiger partial charge < -0.3 is 38.8 Å². The molecule has 0 aromatic rings. The SMILES string of the molecule is C=C1CO[C@@H]2[C@@H](C)C(=O)[C@H](C)C[C@@](C)(OC1)[C@H](O[C@@H]1O[C@H](C)C[C@H](N(C)C)[C@H]1O)[C@@H](C)C(=O)[C@@H](C)C(=O)O[C@H](CC)[C@@]2(C)O. The lowest BCUT2D eigenvalue weighted by Gasteiger charge is -2.47. The Kier molecular flexibility index (Phi) is 12.0. The molecule has 0 aliphatic carbocycles. The van der Waals surface area contributed by atoms with E-state index in [4.69, 9.17) is 23.7 Å². The van der Waals surface area contributed by atoms with E-state index in [9.17, 15) is 24.6 Å². The summed E-state index contributed by atoms with van der Waals surface area (Å²) in [4.78, 5) is 43.4. The van der Waals surface area contributed by atoms with Gasteiger partial charge in [-0.3, -0.25) is 14.4 Å². The standard InChI is InChI=1S/C33H55NO10/c1-12-24-33(9,39)29-20(5)25(35)18(3)14-32(8,41-16-17(2)15-40-29)28(21(6)26(36)22(7)30(38)43-24)44-31-27(37)23(34(10)11)13-19(4)42-31/h18-24,27-29,31,37,39H,2,12-16H2,1,3-11H3/t18-,19-,20+,21+,22-,23+,24-,27-,28-,29-,31+,32-,33-/m1/s1. The lowest BCUT2D eigenvalue weighted by molar-refractivity contribution is -0.296. The number of aliphatic hydroxyl groups is 2. The first kappa shape index (κ1) is 36.7. The van der Waals surface area contributed by atoms with Crippen molar-refractivity contribution < 1.29 is 48.3 Å². The molecule has 0 aromatic carbocycles. The van der Waals surface area contributed by atoms with Gasteiger partial charge in [0, 0.05) is 23.8 Å². The van der Waals surface area contributed by atoms with Crippen molar-refractivity contribution in [2.75, 3.05) is 27.3 Å². The number of fused-ring (bicyclic) bond motifs is 5. The van der Waals surface area contributed by atoms with Crippen LogP contribution in [0.3, 0.4) is 0 Å². The fraction of sp³-hybridized carbons (Fsp3) is 0.848. The summed E-state index contributed by atoms with van der Waals surface area (Å²) in [7, 11) is 3.74. The van der Waals surface area contributed by atoms with Crippen LogP contribution in [0, 0.1) is 23.7 Å². The molecule has 3 heterocycles. The average Bonchev–Trinajstić information content (AvgIpc) is 2.97. The molecule has 2 N–H and O–H groups in total. The van der Waals surface area contributed by atoms with E-state index in [-0.39, 0.29) is 44.0 Å². The second-order valence-corrected chi connectivity index (χ2v) is 14.0. The smallest absolute Gasteiger partial charge is 0.316 e. The highest BCUT2D eigenvalue weighted by atomic mass is 16.7. The molecule has 3 aliphatic heterocycles. The number of carbonyl (C=O) groups excluding carboxylic acids is 3. The van der Waals surface area contributed by atoms with Crippen molar-refractivity contribution in [3.05, 3.63) is 12.2 Å². The third-order valence-corrected chi connectivity index (χ3v) is 9.87. The van der Waals surface area contributed by atoms with Gasteiger partial charge in [-0.1, -0.05) is 34.3 Å². The third kappa shape index (κ3) is 7.62. The van der Waals surface area contributed by atoms with Gasteiger partial charge in [-0.2, -0.15) is 0 Å². The maximum Gasteiger partial charge on any atom is 0.316 e. The predicted molar refractivity (Wildman–Crippen MR) is 163 cm³/mol. The molecule has 44 heavy (non-hydrogen) atoms. The van der Waals surface area contributed by atoms with Gasteiger partial charge in [-0.05, 0) is 66.6 Å². The lowest BCUT2D eigenvalue weighted by atomic mass is 9.74. The number of ketones is 2. The summed E-state index contributed by atoms with van der Waals surface area (Å²) in [5.41, 5.74) is -2.48. The lowest BCUT2D eigenvalue weighted by Crippen LogP contribution is -2.60. The molecule has 3 rings (SSSR count). The molecule has 3 aliphatic rings. The summed E-state index contributed by atoms with van der Waals surface area (Å²) < 4.78 is 31.2. The fourth-order valence-corrected chi connectivity index (χ4v) is 7.19. The van der Waals surface area contributed by atoms with Crippen LogP contribution in [0.15, 0.2) is 12.2 Å². The van der Waals surface area contributed by atoms with Crippen LogP contribution in [0.4, 0.5) is 0 Å². The van der Waals surface area contributed by atoms with E-state index in [1.54, 1.807) is 34.6 Å². The van der Waals surface area contributed by atoms with Crippen LogP contribution >= 0.6 is 0 Å². The number of nitrogens with zero attached hydrogens (tertiary/aromatic N) is 1. The number of hydrogen-bond donors (Lipinski definition) is 2. The van der Waals surface area contributed by atoms with Gasteiger partial charge in [0.05, 0.1) is 37.1 Å². The molecule has 0 saturated carbocycles. The number of likely N-dealkylation sites (N-methyl/N-ethyl adjacent to an activating group) is 1. The van der Waals surface area contributed by atoms with Crippen LogP contribution < -0.4 is 0 Å². The first-order valence-corrected chi connectivity index (χ1v) is 15.9. The highest BCUT2D eigenvalue weighted by Gasteiger charge is 2.53. The molecular weight excluding hydrogens is 570 g/mol. The van der Waals surface area contributed by atoms with Crippen LogP contribution in [-0.4, -0.2) is 114 Å². The van der Waals surface area contributed by atoms with E-state index in [0.717, 1.165) is 0 Å². The van der Waals surface area contributed by atoms with Gasteiger partial charge in [0.25, 0.3) is 0 Å². The molecule has 252 valence electrons. The molecule has 11 nitrogen and oxygen atoms in total. The zero-order valence-electron chi connectivity index (χ0n) is 28.2. The Morgan fingerprint density at radius 3 is 2.25 bits per heavy atom. The Morgan fingerprint density at radius 1 is 1.02 bits per heavy atom. The Labute approximate surface area is 262 Å². The highest BCUT2D eigenvalue weighted by molar-refractivity contribution is 6.00. The van der Waals surface area contributed by atoms with Crippen LogP contribution in [0.5, 0.6) is 0 Å². The number of Topliss-reactive ketones (excluding diaryl/α,β-unsaturated/α-hetero) is 2. The van der Waals surface area contributed by atoms with Gasteiger partial charge in [0.2, 0.25) is 0 Å². The van der Waals surface area contributed by atoms with E-state index in [0.29, 0.717) is 12.0 Å². The maximum atomic E-state index is 14.0. The molecule has 0 unspecified atom stereocenters. The molecule has 3 fully saturated rings. The second kappa shape index (κ2) is 14.4. The Morgan fingerprint density at radius 2 is 1.66 bits per heavy atom. The summed E-state index contributed by atoms with van der Waals surface area (Å²) in [6.45, 7) is 17.7. The van der Waals surface area contributed by atoms with E-state index in [1.165, 1.54) is 13.8 Å². The summed E-state index contributed by atoms with van der Waals surface area (Å²) in [6, 6.07) is -0.266. The van der Waals surface area contributed by atoms with E-state index < -0.39 is 77.3 Å². The number of hydrogen-bond acceptors (Lipinski definition) is 11. The number of ether oxygens (including phenoxy) is 5. The molecule has 3 saturated heterocycles. The third-order valence-electron chi connectivity index (χ3n) is 9.87. The first-order valence-electron chi connectivity index (χ1n) is 15.9. The molecule has 0 aromatic heterocycles. The zero-order valence-corrected chi connectivity index (χ0v) is 28.2. The molecular formula is C33H55NO10. The first-order chi connectivity index (χ1) is 20.3. The maximum absolute atomic E-state index is 14.0. The zero-order chi connectivity index (χ0) is 33.3. The largest absolute Gasteiger partial charge is 0.459 e. The number of aliphatic hydroxyl groups excluding tert-OH is 1. The minimum Gasteiger partial charge on any atom is -0.459 e. The van der Waals surface area contributed by atoms with Gasteiger partial charge in [-0.15, -0.1) is 0 Å². The van der Waals surface area contributed by atoms with Gasteiger partial charge in [0.15, 0.2) is 12.1 Å². The second-order valence-electron chi connectivity index (χ2n) is 14.0. The molecule has 13 atom stereocenters. The number of rotatable bonds is 4. The highest BCUT2D eigenvalue weighted by Crippen LogP contribution is 2.40. The van der Waals surface area contributed by atoms with Crippen molar-refractivity contribution in [3.63, 3.8) is 0 Å². The monoisotopic (exact) mass is 625 g/mol. The van der Waals surface area contributed by atoms with Crippen molar-refractivity contribution in [1.29, 1.82) is 0 Å². The van der Waals surface area contributed by atoms with Gasteiger partial charge >= 0.3 is 5.97 Å². The molecule has 0 amide bonds. The normalized spacial score (nSPS) is 45.3. The van der Waals surface area contributed by atoms with Crippen molar-refractivity contribution in [1.82, 2.24) is 4.90 Å². The summed E-state index contributed by atoms with van der Waals surface area (Å²) in [5.74, 6) is -4.98. The quantitative estimate of drug-likeness (QED) is 0.271. The fourth-order valence-electron chi connectivity index (χ4n) is 7.19. The molecule has 0 radical (unpaired) electrons.